The van der Waals surface area contributed by atoms with Crippen LogP contribution >= 0.6 is 11.8 Å². The van der Waals surface area contributed by atoms with E-state index >= 15 is 0 Å². The molecule has 0 atom stereocenters. The first-order valence-corrected chi connectivity index (χ1v) is 7.14. The van der Waals surface area contributed by atoms with E-state index in [9.17, 15) is 0 Å². The summed E-state index contributed by atoms with van der Waals surface area (Å²) in [6, 6.07) is 10.6. The SMILES string of the molecule is CC(C)=CCC/C(C)=C/CSc1ccccc1. The highest BCUT2D eigenvalue weighted by Gasteiger charge is 1.92. The number of thioether (sulfide) groups is 1. The van der Waals surface area contributed by atoms with Crippen LogP contribution in [0, 0.1) is 0 Å². The van der Waals surface area contributed by atoms with E-state index in [0.717, 1.165) is 5.75 Å². The van der Waals surface area contributed by atoms with Crippen molar-refractivity contribution >= 4 is 11.8 Å². The Kier molecular flexibility index (Phi) is 6.80. The Bertz CT molecular complexity index is 370. The third-order valence-electron chi connectivity index (χ3n) is 2.52. The molecule has 0 aromatic heterocycles. The molecule has 0 saturated carbocycles. The maximum atomic E-state index is 2.34. The van der Waals surface area contributed by atoms with Gasteiger partial charge >= 0.3 is 0 Å². The molecular formula is C16H22S. The highest BCUT2D eigenvalue weighted by Crippen LogP contribution is 2.18. The molecule has 0 saturated heterocycles. The minimum absolute atomic E-state index is 1.07. The minimum Gasteiger partial charge on any atom is -0.122 e. The van der Waals surface area contributed by atoms with E-state index in [4.69, 9.17) is 0 Å². The molecule has 0 aliphatic heterocycles. The average molecular weight is 246 g/mol. The highest BCUT2D eigenvalue weighted by atomic mass is 32.2. The van der Waals surface area contributed by atoms with Gasteiger partial charge in [-0.25, -0.2) is 0 Å². The lowest BCUT2D eigenvalue weighted by molar-refractivity contribution is 0.964. The van der Waals surface area contributed by atoms with Gasteiger partial charge in [0.25, 0.3) is 0 Å². The molecule has 1 aromatic carbocycles. The van der Waals surface area contributed by atoms with Crippen LogP contribution in [0.3, 0.4) is 0 Å². The fraction of sp³-hybridized carbons (Fsp3) is 0.375. The van der Waals surface area contributed by atoms with E-state index in [0.29, 0.717) is 0 Å². The van der Waals surface area contributed by atoms with Crippen LogP contribution in [-0.4, -0.2) is 5.75 Å². The molecule has 0 bridgehead atoms. The van der Waals surface area contributed by atoms with Gasteiger partial charge in [-0.15, -0.1) is 11.8 Å². The van der Waals surface area contributed by atoms with Gasteiger partial charge in [0.15, 0.2) is 0 Å². The molecule has 0 aliphatic carbocycles. The van der Waals surface area contributed by atoms with Crippen molar-refractivity contribution in [2.75, 3.05) is 5.75 Å². The largest absolute Gasteiger partial charge is 0.122 e. The van der Waals surface area contributed by atoms with Gasteiger partial charge in [-0.3, -0.25) is 0 Å². The van der Waals surface area contributed by atoms with Gasteiger partial charge in [0.2, 0.25) is 0 Å². The first kappa shape index (κ1) is 14.1. The van der Waals surface area contributed by atoms with Crippen LogP contribution in [0.15, 0.2) is 58.5 Å². The molecule has 1 aromatic rings. The highest BCUT2D eigenvalue weighted by molar-refractivity contribution is 7.99. The Morgan fingerprint density at radius 2 is 1.76 bits per heavy atom. The van der Waals surface area contributed by atoms with Crippen LogP contribution in [0.1, 0.15) is 33.6 Å². The summed E-state index contributed by atoms with van der Waals surface area (Å²) in [6.07, 6.45) is 7.00. The summed E-state index contributed by atoms with van der Waals surface area (Å²) in [5.74, 6) is 1.07. The minimum atomic E-state index is 1.07. The lowest BCUT2D eigenvalue weighted by Crippen LogP contribution is -1.80. The summed E-state index contributed by atoms with van der Waals surface area (Å²) in [6.45, 7) is 6.54. The molecule has 0 radical (unpaired) electrons. The standard InChI is InChI=1S/C16H22S/c1-14(2)8-7-9-15(3)12-13-17-16-10-5-4-6-11-16/h4-6,8,10-12H,7,9,13H2,1-3H3/b15-12+. The Hall–Kier alpha value is -0.950. The third-order valence-corrected chi connectivity index (χ3v) is 3.46. The van der Waals surface area contributed by atoms with Gasteiger partial charge in [-0.05, 0) is 45.7 Å². The molecule has 0 nitrogen and oxygen atoms in total. The third kappa shape index (κ3) is 7.06. The first-order chi connectivity index (χ1) is 8.18. The van der Waals surface area contributed by atoms with Crippen molar-refractivity contribution in [2.45, 2.75) is 38.5 Å². The fourth-order valence-electron chi connectivity index (χ4n) is 1.49. The van der Waals surface area contributed by atoms with Gasteiger partial charge < -0.3 is 0 Å². The van der Waals surface area contributed by atoms with Gasteiger partial charge in [-0.2, -0.15) is 0 Å². The van der Waals surface area contributed by atoms with Crippen LogP contribution in [0.5, 0.6) is 0 Å². The van der Waals surface area contributed by atoms with Crippen LogP contribution < -0.4 is 0 Å². The van der Waals surface area contributed by atoms with Crippen molar-refractivity contribution in [3.05, 3.63) is 53.6 Å². The maximum absolute atomic E-state index is 2.34. The van der Waals surface area contributed by atoms with E-state index in [2.05, 4.69) is 63.3 Å². The first-order valence-electron chi connectivity index (χ1n) is 6.15. The predicted molar refractivity (Wildman–Crippen MR) is 79.6 cm³/mol. The van der Waals surface area contributed by atoms with E-state index in [1.54, 1.807) is 0 Å². The van der Waals surface area contributed by atoms with E-state index in [1.807, 2.05) is 11.8 Å². The molecular weight excluding hydrogens is 224 g/mol. The molecule has 1 heteroatoms. The molecule has 0 unspecified atom stereocenters. The Balaban J connectivity index is 2.26. The molecule has 0 amide bonds. The van der Waals surface area contributed by atoms with E-state index in [-0.39, 0.29) is 0 Å². The summed E-state index contributed by atoms with van der Waals surface area (Å²) < 4.78 is 0. The second-order valence-corrected chi connectivity index (χ2v) is 5.59. The monoisotopic (exact) mass is 246 g/mol. The molecule has 0 N–H and O–H groups in total. The normalized spacial score (nSPS) is 11.4. The molecule has 92 valence electrons. The maximum Gasteiger partial charge on any atom is 0.0163 e. The van der Waals surface area contributed by atoms with Gasteiger partial charge in [0.1, 0.15) is 0 Å². The summed E-state index contributed by atoms with van der Waals surface area (Å²) in [5.41, 5.74) is 2.90. The van der Waals surface area contributed by atoms with Crippen molar-refractivity contribution in [1.82, 2.24) is 0 Å². The molecule has 1 rings (SSSR count). The van der Waals surface area contributed by atoms with Gasteiger partial charge in [0.05, 0.1) is 0 Å². The molecule has 0 heterocycles. The Morgan fingerprint density at radius 3 is 2.41 bits per heavy atom. The van der Waals surface area contributed by atoms with Crippen molar-refractivity contribution in [1.29, 1.82) is 0 Å². The number of benzene rings is 1. The predicted octanol–water partition coefficient (Wildman–Crippen LogP) is 5.47. The second-order valence-electron chi connectivity index (χ2n) is 4.49. The molecule has 0 fully saturated rings. The quantitative estimate of drug-likeness (QED) is 0.473. The molecule has 0 spiro atoms. The summed E-state index contributed by atoms with van der Waals surface area (Å²) in [4.78, 5) is 1.35. The lowest BCUT2D eigenvalue weighted by atomic mass is 10.1. The zero-order chi connectivity index (χ0) is 12.5. The second kappa shape index (κ2) is 8.19. The zero-order valence-electron chi connectivity index (χ0n) is 11.1. The summed E-state index contributed by atoms with van der Waals surface area (Å²) in [7, 11) is 0. The fourth-order valence-corrected chi connectivity index (χ4v) is 2.40. The average Bonchev–Trinajstić information content (AvgIpc) is 2.30. The van der Waals surface area contributed by atoms with Crippen molar-refractivity contribution in [2.24, 2.45) is 0 Å². The van der Waals surface area contributed by atoms with Crippen LogP contribution in [0.2, 0.25) is 0 Å². The summed E-state index contributed by atoms with van der Waals surface area (Å²) >= 11 is 1.90. The van der Waals surface area contributed by atoms with Gasteiger partial charge in [0, 0.05) is 10.6 Å². The van der Waals surface area contributed by atoms with Crippen LogP contribution in [-0.2, 0) is 0 Å². The Morgan fingerprint density at radius 1 is 1.06 bits per heavy atom. The van der Waals surface area contributed by atoms with Crippen molar-refractivity contribution in [3.63, 3.8) is 0 Å². The number of rotatable bonds is 6. The topological polar surface area (TPSA) is 0 Å². The zero-order valence-corrected chi connectivity index (χ0v) is 11.9. The molecule has 0 aliphatic rings. The van der Waals surface area contributed by atoms with E-state index < -0.39 is 0 Å². The molecule has 17 heavy (non-hydrogen) atoms. The number of allylic oxidation sites excluding steroid dienone is 3. The van der Waals surface area contributed by atoms with Crippen molar-refractivity contribution < 1.29 is 0 Å². The van der Waals surface area contributed by atoms with Crippen molar-refractivity contribution in [3.8, 4) is 0 Å². The van der Waals surface area contributed by atoms with Crippen LogP contribution in [0.4, 0.5) is 0 Å². The van der Waals surface area contributed by atoms with Crippen LogP contribution in [0.25, 0.3) is 0 Å². The summed E-state index contributed by atoms with van der Waals surface area (Å²) in [5, 5.41) is 0. The lowest BCUT2D eigenvalue weighted by Gasteiger charge is -2.00. The number of hydrogen-bond donors (Lipinski definition) is 0. The van der Waals surface area contributed by atoms with Gasteiger partial charge in [-0.1, -0.05) is 41.5 Å². The Labute approximate surface area is 110 Å². The van der Waals surface area contributed by atoms with E-state index in [1.165, 1.54) is 28.9 Å². The smallest absolute Gasteiger partial charge is 0.0163 e. The number of hydrogen-bond acceptors (Lipinski definition) is 1.